The van der Waals surface area contributed by atoms with Gasteiger partial charge in [-0.1, -0.05) is 0 Å². The first-order valence-electron chi connectivity index (χ1n) is 7.40. The van der Waals surface area contributed by atoms with E-state index in [1.165, 1.54) is 4.90 Å². The Labute approximate surface area is 140 Å². The fraction of sp³-hybridized carbons (Fsp3) is 0.750. The minimum absolute atomic E-state index is 0. The monoisotopic (exact) mass is 361 g/mol. The Morgan fingerprint density at radius 2 is 2.17 bits per heavy atom. The van der Waals surface area contributed by atoms with Crippen molar-refractivity contribution in [2.75, 3.05) is 6.54 Å². The minimum Gasteiger partial charge on any atom is -0.724 e. The number of fused-ring (bicyclic) bond motifs is 2. The van der Waals surface area contributed by atoms with Crippen LogP contribution in [0.1, 0.15) is 45.9 Å². The zero-order valence-corrected chi connectivity index (χ0v) is 14.0. The molecular weight excluding hydrogens is 342 g/mol. The molecule has 24 heavy (non-hydrogen) atoms. The van der Waals surface area contributed by atoms with E-state index >= 15 is 0 Å². The van der Waals surface area contributed by atoms with Crippen LogP contribution >= 0.6 is 0 Å². The maximum atomic E-state index is 12.3. The van der Waals surface area contributed by atoms with E-state index in [-0.39, 0.29) is 13.9 Å². The highest BCUT2D eigenvalue weighted by atomic mass is 32.3. The van der Waals surface area contributed by atoms with Gasteiger partial charge in [-0.3, -0.25) is 0 Å². The Kier molecular flexibility index (Phi) is 4.02. The number of hydroxylamine groups is 2. The van der Waals surface area contributed by atoms with Crippen molar-refractivity contribution < 1.29 is 27.9 Å². The standard InChI is InChI=1S/C12H19N5O6S/c1-12(2,13)5-9-14-15-10(22-9)8-4-3-7-6-16(8)11(18)17(7)23-24(19,20)21/h7-8H,3-6,13H2,1-2H3,(H,19,20,21)/t7-,8+/m1/s1. The molecule has 2 bridgehead atoms. The van der Waals surface area contributed by atoms with Crippen LogP contribution in [0.2, 0.25) is 0 Å². The number of hydrogen-bond donors (Lipinski definition) is 1. The lowest BCUT2D eigenvalue weighted by Gasteiger charge is -2.27. The smallest absolute Gasteiger partial charge is 0.724 e. The maximum Gasteiger partial charge on any atom is 1.00 e. The van der Waals surface area contributed by atoms with Crippen molar-refractivity contribution >= 4 is 16.4 Å². The van der Waals surface area contributed by atoms with Crippen LogP contribution in [0.15, 0.2) is 4.42 Å². The number of carbonyl (C=O) groups excluding carboxylic acids is 1. The van der Waals surface area contributed by atoms with E-state index in [1.54, 1.807) is 0 Å². The SMILES string of the molecule is CC(C)(N)Cc1nnc([C@@H]2CC[C@@H]3CN2C(=O)N3OS(=O)(=O)[O-])o1.[H+]. The zero-order chi connectivity index (χ0) is 17.7. The van der Waals surface area contributed by atoms with Gasteiger partial charge in [-0.25, -0.2) is 13.2 Å². The van der Waals surface area contributed by atoms with E-state index in [0.717, 1.165) is 0 Å². The highest BCUT2D eigenvalue weighted by Gasteiger charge is 2.48. The Bertz CT molecular complexity index is 747. The van der Waals surface area contributed by atoms with Crippen LogP contribution in [-0.2, 0) is 21.1 Å². The van der Waals surface area contributed by atoms with Crippen LogP contribution in [0.25, 0.3) is 0 Å². The normalized spacial score (nSPS) is 24.8. The van der Waals surface area contributed by atoms with E-state index in [9.17, 15) is 17.8 Å². The summed E-state index contributed by atoms with van der Waals surface area (Å²) in [5, 5.41) is 8.52. The first kappa shape index (κ1) is 17.1. The summed E-state index contributed by atoms with van der Waals surface area (Å²) in [6.07, 6.45) is 1.32. The fourth-order valence-corrected chi connectivity index (χ4v) is 3.33. The largest absolute Gasteiger partial charge is 1.00 e. The third kappa shape index (κ3) is 3.50. The second-order valence-corrected chi connectivity index (χ2v) is 7.66. The summed E-state index contributed by atoms with van der Waals surface area (Å²) in [6, 6.07) is -1.69. The molecule has 0 aliphatic carbocycles. The van der Waals surface area contributed by atoms with Crippen LogP contribution in [-0.4, -0.2) is 57.3 Å². The van der Waals surface area contributed by atoms with Crippen LogP contribution in [0.5, 0.6) is 0 Å². The highest BCUT2D eigenvalue weighted by Crippen LogP contribution is 2.38. The van der Waals surface area contributed by atoms with Gasteiger partial charge in [0.15, 0.2) is 0 Å². The molecule has 2 amide bonds. The highest BCUT2D eigenvalue weighted by molar-refractivity contribution is 7.80. The molecule has 2 atom stereocenters. The maximum absolute atomic E-state index is 12.3. The van der Waals surface area contributed by atoms with Gasteiger partial charge in [0, 0.05) is 18.5 Å². The molecule has 1 aromatic heterocycles. The van der Waals surface area contributed by atoms with E-state index in [4.69, 9.17) is 10.2 Å². The Morgan fingerprint density at radius 3 is 2.79 bits per heavy atom. The van der Waals surface area contributed by atoms with E-state index in [0.29, 0.717) is 30.2 Å². The summed E-state index contributed by atoms with van der Waals surface area (Å²) in [7, 11) is -5.01. The minimum atomic E-state index is -5.01. The molecule has 2 fully saturated rings. The summed E-state index contributed by atoms with van der Waals surface area (Å²) < 4.78 is 42.2. The third-order valence-electron chi connectivity index (χ3n) is 3.87. The quantitative estimate of drug-likeness (QED) is 0.554. The van der Waals surface area contributed by atoms with Gasteiger partial charge in [0.1, 0.15) is 6.04 Å². The van der Waals surface area contributed by atoms with Crippen molar-refractivity contribution in [3.8, 4) is 0 Å². The second kappa shape index (κ2) is 5.65. The topological polar surface area (TPSA) is 155 Å². The van der Waals surface area contributed by atoms with Crippen molar-refractivity contribution in [2.24, 2.45) is 5.73 Å². The molecule has 2 aliphatic heterocycles. The number of amides is 2. The average Bonchev–Trinajstić information content (AvgIpc) is 2.96. The molecule has 0 spiro atoms. The first-order chi connectivity index (χ1) is 11.0. The Morgan fingerprint density at radius 1 is 1.46 bits per heavy atom. The van der Waals surface area contributed by atoms with Crippen molar-refractivity contribution in [2.45, 2.75) is 50.7 Å². The molecule has 134 valence electrons. The molecule has 1 aromatic rings. The molecule has 0 unspecified atom stereocenters. The van der Waals surface area contributed by atoms with E-state index in [1.807, 2.05) is 13.8 Å². The molecule has 2 N–H and O–H groups in total. The predicted octanol–water partition coefficient (Wildman–Crippen LogP) is -0.205. The van der Waals surface area contributed by atoms with Gasteiger partial charge in [0.2, 0.25) is 22.2 Å². The van der Waals surface area contributed by atoms with Gasteiger partial charge in [-0.15, -0.1) is 10.2 Å². The summed E-state index contributed by atoms with van der Waals surface area (Å²) in [6.45, 7) is 3.87. The van der Waals surface area contributed by atoms with Crippen molar-refractivity contribution in [1.29, 1.82) is 0 Å². The van der Waals surface area contributed by atoms with Gasteiger partial charge in [0.25, 0.3) is 0 Å². The molecule has 3 heterocycles. The van der Waals surface area contributed by atoms with E-state index in [2.05, 4.69) is 14.5 Å². The van der Waals surface area contributed by atoms with Gasteiger partial charge in [-0.2, -0.15) is 9.35 Å². The van der Waals surface area contributed by atoms with Crippen molar-refractivity contribution in [3.05, 3.63) is 11.8 Å². The number of carbonyl (C=O) groups is 1. The van der Waals surface area contributed by atoms with Gasteiger partial charge >= 0.3 is 7.46 Å². The van der Waals surface area contributed by atoms with Crippen LogP contribution in [0, 0.1) is 0 Å². The Hall–Kier alpha value is -1.76. The zero-order valence-electron chi connectivity index (χ0n) is 14.2. The van der Waals surface area contributed by atoms with Gasteiger partial charge < -0.3 is 19.6 Å². The molecule has 2 aliphatic rings. The molecule has 0 aromatic carbocycles. The summed E-state index contributed by atoms with van der Waals surface area (Å²) in [4.78, 5) is 13.7. The lowest BCUT2D eigenvalue weighted by molar-refractivity contribution is -0.0328. The first-order valence-corrected chi connectivity index (χ1v) is 8.73. The lowest BCUT2D eigenvalue weighted by Crippen LogP contribution is -2.35. The van der Waals surface area contributed by atoms with Crippen LogP contribution in [0.4, 0.5) is 4.79 Å². The predicted molar refractivity (Wildman–Crippen MR) is 77.9 cm³/mol. The number of aromatic nitrogens is 2. The second-order valence-electron chi connectivity index (χ2n) is 6.69. The summed E-state index contributed by atoms with van der Waals surface area (Å²) >= 11 is 0. The number of hydrogen-bond acceptors (Lipinski definition) is 9. The van der Waals surface area contributed by atoms with Crippen molar-refractivity contribution in [3.63, 3.8) is 0 Å². The molecule has 12 heteroatoms. The average molecular weight is 361 g/mol. The fourth-order valence-electron chi connectivity index (χ4n) is 2.95. The van der Waals surface area contributed by atoms with Gasteiger partial charge in [-0.05, 0) is 26.7 Å². The summed E-state index contributed by atoms with van der Waals surface area (Å²) in [5.41, 5.74) is 5.40. The molecule has 3 rings (SSSR count). The number of nitrogens with two attached hydrogens (primary N) is 1. The van der Waals surface area contributed by atoms with Crippen LogP contribution < -0.4 is 5.73 Å². The van der Waals surface area contributed by atoms with E-state index < -0.39 is 34.1 Å². The van der Waals surface area contributed by atoms with Crippen LogP contribution in [0.3, 0.4) is 0 Å². The number of piperidine rings is 1. The lowest BCUT2D eigenvalue weighted by atomic mass is 10.0. The molecule has 0 saturated carbocycles. The van der Waals surface area contributed by atoms with Gasteiger partial charge in [0.05, 0.1) is 6.04 Å². The third-order valence-corrected chi connectivity index (χ3v) is 4.21. The number of nitrogens with zero attached hydrogens (tertiary/aromatic N) is 4. The molecule has 2 saturated heterocycles. The number of rotatable bonds is 5. The Balaban J connectivity index is 0.00000225. The number of urea groups is 1. The molecule has 0 radical (unpaired) electrons. The molecule has 11 nitrogen and oxygen atoms in total. The summed E-state index contributed by atoms with van der Waals surface area (Å²) in [5.74, 6) is 0.620. The molecular formula is C12H19N5O6S. The van der Waals surface area contributed by atoms with Crippen molar-refractivity contribution in [1.82, 2.24) is 20.2 Å².